The summed E-state index contributed by atoms with van der Waals surface area (Å²) in [4.78, 5) is 5.37. The Morgan fingerprint density at radius 3 is 1.29 bits per heavy atom. The van der Waals surface area contributed by atoms with E-state index in [4.69, 9.17) is 4.42 Å². The standard InChI is InChI=1S/C72H81BN2O/c1-40-29-44(5)63(45(6)30-40)46-19-21-56-55(35-46)73-64-60(74(56)58-37-52-49(33-42(58)3)67(7,8)23-26-70(52,13)14)31-41(2)32-61(64)75(59-38-53-50(34-43(59)4)68(9,10)24-27-71(53,15)16)57-22-20-47-48-36-51-54(39-62(48)76-66(47)65(57)73)72(17,18)28-25-69(51,11)12/h19-22,29-39H,23-28H2,1-18H3. The molecule has 1 aromatic heterocycles. The Morgan fingerprint density at radius 2 is 0.789 bits per heavy atom. The van der Waals surface area contributed by atoms with Crippen LogP contribution in [0.2, 0.25) is 0 Å². The number of hydrogen-bond donors (Lipinski definition) is 0. The molecular weight excluding hydrogens is 920 g/mol. The number of furan rings is 1. The van der Waals surface area contributed by atoms with Crippen molar-refractivity contribution in [3.05, 3.63) is 158 Å². The molecule has 0 unspecified atom stereocenters. The van der Waals surface area contributed by atoms with Gasteiger partial charge in [0.1, 0.15) is 11.2 Å². The molecule has 13 rings (SSSR count). The fourth-order valence-electron chi connectivity index (χ4n) is 15.7. The van der Waals surface area contributed by atoms with Gasteiger partial charge in [-0.15, -0.1) is 0 Å². The van der Waals surface area contributed by atoms with Gasteiger partial charge in [-0.2, -0.15) is 0 Å². The lowest BCUT2D eigenvalue weighted by atomic mass is 9.33. The van der Waals surface area contributed by atoms with Gasteiger partial charge in [0.2, 0.25) is 0 Å². The quantitative estimate of drug-likeness (QED) is 0.164. The molecule has 0 amide bonds. The summed E-state index contributed by atoms with van der Waals surface area (Å²) in [6.45, 7) is 43.3. The first-order chi connectivity index (χ1) is 35.6. The molecule has 4 heteroatoms. The number of benzene rings is 7. The van der Waals surface area contributed by atoms with Crippen molar-refractivity contribution in [3.8, 4) is 11.1 Å². The zero-order chi connectivity index (χ0) is 53.9. The number of anilines is 6. The van der Waals surface area contributed by atoms with Crippen LogP contribution < -0.4 is 26.2 Å². The third-order valence-corrected chi connectivity index (χ3v) is 20.6. The molecule has 0 saturated carbocycles. The summed E-state index contributed by atoms with van der Waals surface area (Å²) >= 11 is 0. The third kappa shape index (κ3) is 6.99. The highest BCUT2D eigenvalue weighted by Crippen LogP contribution is 2.55. The highest BCUT2D eigenvalue weighted by Gasteiger charge is 2.48. The van der Waals surface area contributed by atoms with Crippen molar-refractivity contribution in [2.45, 2.75) is 196 Å². The predicted molar refractivity (Wildman–Crippen MR) is 327 cm³/mol. The molecule has 0 bridgehead atoms. The summed E-state index contributed by atoms with van der Waals surface area (Å²) in [5.74, 6) is 0. The van der Waals surface area contributed by atoms with Crippen molar-refractivity contribution in [2.75, 3.05) is 9.80 Å². The van der Waals surface area contributed by atoms with Gasteiger partial charge in [0.25, 0.3) is 6.71 Å². The van der Waals surface area contributed by atoms with Crippen molar-refractivity contribution in [1.29, 1.82) is 0 Å². The summed E-state index contributed by atoms with van der Waals surface area (Å²) in [5, 5.41) is 2.43. The predicted octanol–water partition coefficient (Wildman–Crippen LogP) is 18.2. The van der Waals surface area contributed by atoms with E-state index in [0.717, 1.165) is 30.4 Å². The SMILES string of the molecule is Cc1cc(C)c(-c2ccc3c(c2)B2c4c(cc(C)cc4N(c4cc5c(cc4C)C(C)(C)CCC5(C)C)c4ccc5c(oc6cc7c(cc65)C(C)(C)CCC7(C)C)c42)N3c2cc3c(cc2C)C(C)(C)CCC3(C)C)c(C)c1. The second-order valence-corrected chi connectivity index (χ2v) is 28.9. The van der Waals surface area contributed by atoms with Crippen LogP contribution in [0.3, 0.4) is 0 Å². The summed E-state index contributed by atoms with van der Waals surface area (Å²) in [6, 6.07) is 37.4. The monoisotopic (exact) mass is 1000 g/mol. The Balaban J connectivity index is 1.18. The molecule has 0 fully saturated rings. The Hall–Kier alpha value is -6.00. The Kier molecular flexibility index (Phi) is 10.3. The normalized spacial score (nSPS) is 19.7. The van der Waals surface area contributed by atoms with Crippen LogP contribution in [-0.4, -0.2) is 6.71 Å². The van der Waals surface area contributed by atoms with E-state index >= 15 is 0 Å². The van der Waals surface area contributed by atoms with Gasteiger partial charge in [0, 0.05) is 44.9 Å². The van der Waals surface area contributed by atoms with Crippen molar-refractivity contribution in [3.63, 3.8) is 0 Å². The van der Waals surface area contributed by atoms with E-state index in [2.05, 4.69) is 225 Å². The van der Waals surface area contributed by atoms with E-state index < -0.39 is 0 Å². The maximum absolute atomic E-state index is 7.65. The molecule has 0 saturated heterocycles. The number of nitrogens with zero attached hydrogens (tertiary/aromatic N) is 2. The van der Waals surface area contributed by atoms with E-state index in [9.17, 15) is 0 Å². The lowest BCUT2D eigenvalue weighted by molar-refractivity contribution is 0.332. The van der Waals surface area contributed by atoms with Gasteiger partial charge in [-0.3, -0.25) is 0 Å². The molecule has 3 nitrogen and oxygen atoms in total. The zero-order valence-corrected chi connectivity index (χ0v) is 49.3. The lowest BCUT2D eigenvalue weighted by Gasteiger charge is -2.47. The van der Waals surface area contributed by atoms with Crippen LogP contribution in [0.1, 0.15) is 188 Å². The van der Waals surface area contributed by atoms with Crippen LogP contribution in [0, 0.1) is 41.5 Å². The van der Waals surface area contributed by atoms with Crippen LogP contribution in [0.4, 0.5) is 34.1 Å². The number of hydrogen-bond acceptors (Lipinski definition) is 3. The molecule has 0 N–H and O–H groups in total. The fourth-order valence-corrected chi connectivity index (χ4v) is 15.7. The molecule has 388 valence electrons. The summed E-state index contributed by atoms with van der Waals surface area (Å²) in [6.07, 6.45) is 7.02. The second kappa shape index (κ2) is 15.8. The number of aryl methyl sites for hydroxylation is 6. The molecule has 0 spiro atoms. The van der Waals surface area contributed by atoms with E-state index in [1.165, 1.54) is 158 Å². The largest absolute Gasteiger partial charge is 0.457 e. The Morgan fingerprint density at radius 1 is 0.368 bits per heavy atom. The van der Waals surface area contributed by atoms with Gasteiger partial charge in [-0.1, -0.05) is 125 Å². The van der Waals surface area contributed by atoms with Crippen LogP contribution in [0.15, 0.2) is 95.4 Å². The van der Waals surface area contributed by atoms with Gasteiger partial charge < -0.3 is 14.2 Å². The first-order valence-electron chi connectivity index (χ1n) is 28.9. The van der Waals surface area contributed by atoms with E-state index in [0.29, 0.717) is 0 Å². The van der Waals surface area contributed by atoms with Gasteiger partial charge >= 0.3 is 0 Å². The smallest absolute Gasteiger partial charge is 0.257 e. The van der Waals surface area contributed by atoms with Crippen molar-refractivity contribution in [1.82, 2.24) is 0 Å². The van der Waals surface area contributed by atoms with Crippen LogP contribution in [-0.2, 0) is 32.5 Å². The molecule has 0 atom stereocenters. The minimum atomic E-state index is -0.123. The van der Waals surface area contributed by atoms with E-state index in [1.807, 2.05) is 0 Å². The average Bonchev–Trinajstić information content (AvgIpc) is 3.82. The van der Waals surface area contributed by atoms with Gasteiger partial charge in [-0.05, 0) is 256 Å². The van der Waals surface area contributed by atoms with Gasteiger partial charge in [0.15, 0.2) is 0 Å². The van der Waals surface area contributed by atoms with Crippen molar-refractivity contribution in [2.24, 2.45) is 0 Å². The van der Waals surface area contributed by atoms with Crippen molar-refractivity contribution >= 4 is 79.2 Å². The molecule has 8 aromatic rings. The van der Waals surface area contributed by atoms with Crippen LogP contribution in [0.25, 0.3) is 33.1 Å². The maximum atomic E-state index is 7.65. The molecule has 0 radical (unpaired) electrons. The topological polar surface area (TPSA) is 19.6 Å². The zero-order valence-electron chi connectivity index (χ0n) is 49.3. The average molecular weight is 1000 g/mol. The molecule has 5 aliphatic rings. The number of fused-ring (bicyclic) bond motifs is 11. The highest BCUT2D eigenvalue weighted by molar-refractivity contribution is 7.01. The van der Waals surface area contributed by atoms with Crippen molar-refractivity contribution < 1.29 is 4.42 Å². The molecular formula is C72H81BN2O. The minimum absolute atomic E-state index is 0.0363. The highest BCUT2D eigenvalue weighted by atomic mass is 16.3. The molecule has 76 heavy (non-hydrogen) atoms. The first kappa shape index (κ1) is 49.6. The molecule has 7 aromatic carbocycles. The first-order valence-corrected chi connectivity index (χ1v) is 28.9. The van der Waals surface area contributed by atoms with E-state index in [-0.39, 0.29) is 39.2 Å². The van der Waals surface area contributed by atoms with E-state index in [1.54, 1.807) is 0 Å². The number of rotatable bonds is 3. The maximum Gasteiger partial charge on any atom is 0.257 e. The summed E-state index contributed by atoms with van der Waals surface area (Å²) < 4.78 is 7.65. The fraction of sp³-hybridized carbons (Fsp3) is 0.417. The molecule has 2 aliphatic heterocycles. The van der Waals surface area contributed by atoms with Gasteiger partial charge in [0.05, 0.1) is 0 Å². The molecule has 3 heterocycles. The summed E-state index contributed by atoms with van der Waals surface area (Å²) in [5.41, 5.74) is 33.1. The summed E-state index contributed by atoms with van der Waals surface area (Å²) in [7, 11) is 0. The lowest BCUT2D eigenvalue weighted by Crippen LogP contribution is -2.61. The van der Waals surface area contributed by atoms with Gasteiger partial charge in [-0.25, -0.2) is 0 Å². The van der Waals surface area contributed by atoms with Crippen LogP contribution >= 0.6 is 0 Å². The second-order valence-electron chi connectivity index (χ2n) is 28.9. The van der Waals surface area contributed by atoms with Crippen LogP contribution in [0.5, 0.6) is 0 Å². The Labute approximate surface area is 455 Å². The minimum Gasteiger partial charge on any atom is -0.457 e. The third-order valence-electron chi connectivity index (χ3n) is 20.6. The Bertz CT molecular complexity index is 3830. The molecule has 3 aliphatic carbocycles.